The van der Waals surface area contributed by atoms with Crippen LogP contribution < -0.4 is 5.32 Å². The van der Waals surface area contributed by atoms with E-state index in [1.54, 1.807) is 24.2 Å². The van der Waals surface area contributed by atoms with Crippen LogP contribution in [0.2, 0.25) is 0 Å². The summed E-state index contributed by atoms with van der Waals surface area (Å²) in [6.07, 6.45) is 5.13. The largest absolute Gasteiger partial charge is 0.445 e. The third-order valence-electron chi connectivity index (χ3n) is 3.93. The topological polar surface area (TPSA) is 68.0 Å². The number of rotatable bonds is 8. The number of amides is 1. The lowest BCUT2D eigenvalue weighted by molar-refractivity contribution is -0.117. The van der Waals surface area contributed by atoms with Gasteiger partial charge in [-0.15, -0.1) is 11.8 Å². The number of hydrogen-bond acceptors (Lipinski definition) is 6. The Bertz CT molecular complexity index is 845. The summed E-state index contributed by atoms with van der Waals surface area (Å²) in [6, 6.07) is 9.83. The van der Waals surface area contributed by atoms with Crippen molar-refractivity contribution in [2.75, 3.05) is 5.32 Å². The minimum absolute atomic E-state index is 0.0233. The Kier molecular flexibility index (Phi) is 6.46. The summed E-state index contributed by atoms with van der Waals surface area (Å²) >= 11 is 3.07. The summed E-state index contributed by atoms with van der Waals surface area (Å²) in [6.45, 7) is 4.05. The third-order valence-corrected chi connectivity index (χ3v) is 6.02. The molecule has 0 bridgehead atoms. The van der Waals surface area contributed by atoms with Crippen molar-refractivity contribution in [3.05, 3.63) is 59.9 Å². The fraction of sp³-hybridized carbons (Fsp3) is 0.316. The van der Waals surface area contributed by atoms with E-state index in [9.17, 15) is 4.79 Å². The number of aromatic nitrogens is 2. The number of thiazole rings is 1. The zero-order chi connectivity index (χ0) is 18.4. The Morgan fingerprint density at radius 1 is 1.23 bits per heavy atom. The summed E-state index contributed by atoms with van der Waals surface area (Å²) in [4.78, 5) is 21.2. The van der Waals surface area contributed by atoms with Gasteiger partial charge in [-0.05, 0) is 12.0 Å². The van der Waals surface area contributed by atoms with Crippen LogP contribution in [0.1, 0.15) is 43.4 Å². The molecule has 0 saturated heterocycles. The minimum atomic E-state index is -0.170. The summed E-state index contributed by atoms with van der Waals surface area (Å²) in [5, 5.41) is 3.56. The van der Waals surface area contributed by atoms with Crippen molar-refractivity contribution in [1.29, 1.82) is 0 Å². The van der Waals surface area contributed by atoms with E-state index in [-0.39, 0.29) is 11.8 Å². The molecule has 5 nitrogen and oxygen atoms in total. The first kappa shape index (κ1) is 18.7. The number of thioether (sulfide) groups is 1. The highest BCUT2D eigenvalue weighted by Gasteiger charge is 2.19. The second-order valence-electron chi connectivity index (χ2n) is 5.71. The van der Waals surface area contributed by atoms with Crippen LogP contribution >= 0.6 is 23.1 Å². The minimum Gasteiger partial charge on any atom is -0.445 e. The number of hydrogen-bond donors (Lipinski definition) is 1. The van der Waals surface area contributed by atoms with Gasteiger partial charge in [0, 0.05) is 6.42 Å². The van der Waals surface area contributed by atoms with Crippen molar-refractivity contribution >= 4 is 34.1 Å². The fourth-order valence-corrected chi connectivity index (χ4v) is 4.27. The van der Waals surface area contributed by atoms with Crippen LogP contribution in [0.25, 0.3) is 0 Å². The van der Waals surface area contributed by atoms with Gasteiger partial charge in [-0.25, -0.2) is 9.97 Å². The average molecular weight is 388 g/mol. The van der Waals surface area contributed by atoms with Crippen LogP contribution in [0.3, 0.4) is 0 Å². The van der Waals surface area contributed by atoms with Gasteiger partial charge in [0.1, 0.15) is 5.76 Å². The molecule has 1 amide bonds. The van der Waals surface area contributed by atoms with Crippen LogP contribution in [0, 0.1) is 0 Å². The molecule has 0 fully saturated rings. The molecule has 3 rings (SSSR count). The van der Waals surface area contributed by atoms with Crippen molar-refractivity contribution in [1.82, 2.24) is 9.97 Å². The monoisotopic (exact) mass is 387 g/mol. The van der Waals surface area contributed by atoms with E-state index in [0.717, 1.165) is 28.4 Å². The highest BCUT2D eigenvalue weighted by Crippen LogP contribution is 2.31. The lowest BCUT2D eigenvalue weighted by Gasteiger charge is -2.13. The predicted molar refractivity (Wildman–Crippen MR) is 106 cm³/mol. The molecular formula is C19H21N3O2S2. The third kappa shape index (κ3) is 4.74. The fourth-order valence-electron chi connectivity index (χ4n) is 2.55. The average Bonchev–Trinajstić information content (AvgIpc) is 3.30. The molecule has 1 N–H and O–H groups in total. The zero-order valence-corrected chi connectivity index (χ0v) is 16.4. The highest BCUT2D eigenvalue weighted by atomic mass is 32.2. The number of aryl methyl sites for hydroxylation is 1. The molecule has 0 saturated carbocycles. The molecule has 1 aromatic carbocycles. The van der Waals surface area contributed by atoms with Gasteiger partial charge in [0.05, 0.1) is 28.3 Å². The Labute approximate surface area is 161 Å². The predicted octanol–water partition coefficient (Wildman–Crippen LogP) is 5.12. The normalized spacial score (nSPS) is 12.1. The first-order valence-electron chi connectivity index (χ1n) is 8.57. The van der Waals surface area contributed by atoms with Crippen molar-refractivity contribution in [3.8, 4) is 0 Å². The van der Waals surface area contributed by atoms with Crippen molar-refractivity contribution in [2.45, 2.75) is 42.6 Å². The number of oxazole rings is 1. The second kappa shape index (κ2) is 9.00. The number of nitrogens with one attached hydrogen (secondary N) is 1. The quantitative estimate of drug-likeness (QED) is 0.544. The maximum atomic E-state index is 12.6. The van der Waals surface area contributed by atoms with Crippen LogP contribution in [0.5, 0.6) is 0 Å². The number of nitrogens with zero attached hydrogens (tertiary/aromatic N) is 2. The molecule has 1 atom stereocenters. The number of anilines is 1. The van der Waals surface area contributed by atoms with Gasteiger partial charge in [-0.1, -0.05) is 55.5 Å². The molecule has 0 aliphatic heterocycles. The Morgan fingerprint density at radius 2 is 2.04 bits per heavy atom. The van der Waals surface area contributed by atoms with Crippen LogP contribution in [-0.2, 0) is 17.0 Å². The Balaban J connectivity index is 1.58. The van der Waals surface area contributed by atoms with Crippen LogP contribution in [0.15, 0.2) is 51.4 Å². The number of benzene rings is 1. The number of carbonyl (C=O) groups excluding carboxylic acids is 1. The molecule has 0 radical (unpaired) electrons. The lowest BCUT2D eigenvalue weighted by Crippen LogP contribution is -2.20. The standard InChI is InChI=1S/C19H21N3O2S2/c1-3-14-10-20-16(24-14)12-25-17-11-21-19(26-17)22-18(23)15(4-2)13-8-6-5-7-9-13/h5-11,15H,3-4,12H2,1-2H3,(H,21,22,23). The van der Waals surface area contributed by atoms with Gasteiger partial charge in [-0.2, -0.15) is 0 Å². The maximum Gasteiger partial charge on any atom is 0.233 e. The zero-order valence-electron chi connectivity index (χ0n) is 14.8. The molecule has 3 aromatic rings. The smallest absolute Gasteiger partial charge is 0.233 e. The van der Waals surface area contributed by atoms with Crippen LogP contribution in [0.4, 0.5) is 5.13 Å². The molecule has 136 valence electrons. The van der Waals surface area contributed by atoms with E-state index in [4.69, 9.17) is 4.42 Å². The van der Waals surface area contributed by atoms with E-state index in [1.165, 1.54) is 11.3 Å². The molecular weight excluding hydrogens is 366 g/mol. The van der Waals surface area contributed by atoms with Crippen LogP contribution in [-0.4, -0.2) is 15.9 Å². The SMILES string of the molecule is CCc1cnc(CSc2cnc(NC(=O)C(CC)c3ccccc3)s2)o1. The van der Waals surface area contributed by atoms with Gasteiger partial charge in [-0.3, -0.25) is 4.79 Å². The molecule has 2 heterocycles. The van der Waals surface area contributed by atoms with Gasteiger partial charge in [0.25, 0.3) is 0 Å². The molecule has 0 aliphatic carbocycles. The molecule has 1 unspecified atom stereocenters. The van der Waals surface area contributed by atoms with E-state index in [2.05, 4.69) is 15.3 Å². The molecule has 2 aromatic heterocycles. The molecule has 26 heavy (non-hydrogen) atoms. The number of carbonyl (C=O) groups is 1. The van der Waals surface area contributed by atoms with E-state index in [1.807, 2.05) is 44.2 Å². The first-order valence-corrected chi connectivity index (χ1v) is 10.4. The molecule has 0 aliphatic rings. The van der Waals surface area contributed by atoms with E-state index >= 15 is 0 Å². The van der Waals surface area contributed by atoms with Crippen molar-refractivity contribution in [3.63, 3.8) is 0 Å². The van der Waals surface area contributed by atoms with Gasteiger partial charge < -0.3 is 9.73 Å². The summed E-state index contributed by atoms with van der Waals surface area (Å²) in [7, 11) is 0. The van der Waals surface area contributed by atoms with E-state index in [0.29, 0.717) is 16.8 Å². The Morgan fingerprint density at radius 3 is 2.73 bits per heavy atom. The van der Waals surface area contributed by atoms with Crippen molar-refractivity contribution in [2.24, 2.45) is 0 Å². The lowest BCUT2D eigenvalue weighted by atomic mass is 9.96. The van der Waals surface area contributed by atoms with Gasteiger partial charge >= 0.3 is 0 Å². The van der Waals surface area contributed by atoms with E-state index < -0.39 is 0 Å². The summed E-state index contributed by atoms with van der Waals surface area (Å²) in [5.41, 5.74) is 1.02. The van der Waals surface area contributed by atoms with Gasteiger partial charge in [0.2, 0.25) is 11.8 Å². The van der Waals surface area contributed by atoms with Crippen molar-refractivity contribution < 1.29 is 9.21 Å². The highest BCUT2D eigenvalue weighted by molar-refractivity contribution is 8.00. The second-order valence-corrected chi connectivity index (χ2v) is 8.01. The summed E-state index contributed by atoms with van der Waals surface area (Å²) < 4.78 is 6.62. The summed E-state index contributed by atoms with van der Waals surface area (Å²) in [5.74, 6) is 2.06. The van der Waals surface area contributed by atoms with Gasteiger partial charge in [0.15, 0.2) is 5.13 Å². The first-order chi connectivity index (χ1) is 12.7. The molecule has 7 heteroatoms. The maximum absolute atomic E-state index is 12.6. The molecule has 0 spiro atoms. The Hall–Kier alpha value is -2.12.